The summed E-state index contributed by atoms with van der Waals surface area (Å²) in [6.45, 7) is 7.16. The van der Waals surface area contributed by atoms with Gasteiger partial charge in [0.15, 0.2) is 0 Å². The van der Waals surface area contributed by atoms with E-state index in [-0.39, 0.29) is 41.5 Å². The minimum Gasteiger partial charge on any atom is -0.466 e. The van der Waals surface area contributed by atoms with Crippen LogP contribution < -0.4 is 10.7 Å². The predicted octanol–water partition coefficient (Wildman–Crippen LogP) is 2.76. The molecule has 0 aromatic carbocycles. The summed E-state index contributed by atoms with van der Waals surface area (Å²) in [5.74, 6) is -1.33. The zero-order valence-corrected chi connectivity index (χ0v) is 19.4. The van der Waals surface area contributed by atoms with Crippen LogP contribution in [0, 0.1) is 11.8 Å². The number of hydrogen-bond donors (Lipinski definition) is 1. The molecule has 1 aromatic rings. The summed E-state index contributed by atoms with van der Waals surface area (Å²) in [4.78, 5) is 53.1. The predicted molar refractivity (Wildman–Crippen MR) is 121 cm³/mol. The third-order valence-corrected chi connectivity index (χ3v) is 6.27. The summed E-state index contributed by atoms with van der Waals surface area (Å²) >= 11 is 0. The largest absolute Gasteiger partial charge is 0.466 e. The number of amides is 2. The molecule has 2 amide bonds. The normalized spacial score (nSPS) is 19.2. The second-order valence-electron chi connectivity index (χ2n) is 9.25. The van der Waals surface area contributed by atoms with Crippen LogP contribution in [0.3, 0.4) is 0 Å². The summed E-state index contributed by atoms with van der Waals surface area (Å²) in [6.07, 6.45) is 8.62. The van der Waals surface area contributed by atoms with Crippen molar-refractivity contribution >= 4 is 17.8 Å². The first-order chi connectivity index (χ1) is 15.3. The summed E-state index contributed by atoms with van der Waals surface area (Å²) in [5, 5.41) is 2.80. The van der Waals surface area contributed by atoms with Gasteiger partial charge in [-0.05, 0) is 38.5 Å². The Bertz CT molecular complexity index is 901. The average Bonchev–Trinajstić information content (AvgIpc) is 3.32. The van der Waals surface area contributed by atoms with Gasteiger partial charge in [-0.1, -0.05) is 26.7 Å². The molecule has 0 radical (unpaired) electrons. The number of pyridine rings is 1. The maximum Gasteiger partial charge on any atom is 0.310 e. The monoisotopic (exact) mass is 445 g/mol. The van der Waals surface area contributed by atoms with Crippen molar-refractivity contribution in [2.75, 3.05) is 26.2 Å². The average molecular weight is 446 g/mol. The molecule has 176 valence electrons. The second kappa shape index (κ2) is 10.8. The molecular formula is C24H35N3O5. The zero-order chi connectivity index (χ0) is 23.3. The molecule has 2 fully saturated rings. The van der Waals surface area contributed by atoms with Gasteiger partial charge in [-0.3, -0.25) is 19.2 Å². The fourth-order valence-electron chi connectivity index (χ4n) is 4.50. The SMILES string of the molecule is CCOC(=O)[C@@H]1CCCN(C(=O)c2cn(C3CCCC3)cc(C(=O)NCC(C)C)c2=O)C1. The molecule has 1 saturated carbocycles. The van der Waals surface area contributed by atoms with Gasteiger partial charge in [0.1, 0.15) is 11.1 Å². The molecule has 8 nitrogen and oxygen atoms in total. The number of piperidine rings is 1. The number of carbonyl (C=O) groups excluding carboxylic acids is 3. The summed E-state index contributed by atoms with van der Waals surface area (Å²) in [7, 11) is 0. The molecule has 0 unspecified atom stereocenters. The molecule has 1 aromatic heterocycles. The molecule has 1 saturated heterocycles. The molecule has 2 aliphatic rings. The van der Waals surface area contributed by atoms with E-state index in [4.69, 9.17) is 4.74 Å². The van der Waals surface area contributed by atoms with Crippen LogP contribution in [0.25, 0.3) is 0 Å². The minimum absolute atomic E-state index is 0.00129. The number of aromatic nitrogens is 1. The first-order valence-corrected chi connectivity index (χ1v) is 11.8. The second-order valence-corrected chi connectivity index (χ2v) is 9.25. The smallest absolute Gasteiger partial charge is 0.310 e. The van der Waals surface area contributed by atoms with E-state index in [1.54, 1.807) is 24.2 Å². The van der Waals surface area contributed by atoms with Crippen molar-refractivity contribution in [1.82, 2.24) is 14.8 Å². The molecule has 1 aliphatic heterocycles. The lowest BCUT2D eigenvalue weighted by Crippen LogP contribution is -2.45. The lowest BCUT2D eigenvalue weighted by molar-refractivity contribution is -0.149. The van der Waals surface area contributed by atoms with E-state index < -0.39 is 17.2 Å². The van der Waals surface area contributed by atoms with Gasteiger partial charge < -0.3 is 19.5 Å². The highest BCUT2D eigenvalue weighted by Gasteiger charge is 2.32. The fourth-order valence-corrected chi connectivity index (χ4v) is 4.50. The van der Waals surface area contributed by atoms with Gasteiger partial charge in [0, 0.05) is 38.1 Å². The van der Waals surface area contributed by atoms with Crippen molar-refractivity contribution < 1.29 is 19.1 Å². The van der Waals surface area contributed by atoms with Crippen molar-refractivity contribution in [3.63, 3.8) is 0 Å². The molecule has 1 atom stereocenters. The van der Waals surface area contributed by atoms with E-state index in [0.717, 1.165) is 25.7 Å². The molecule has 32 heavy (non-hydrogen) atoms. The number of ether oxygens (including phenoxy) is 1. The van der Waals surface area contributed by atoms with Gasteiger partial charge in [-0.2, -0.15) is 0 Å². The van der Waals surface area contributed by atoms with Gasteiger partial charge >= 0.3 is 5.97 Å². The zero-order valence-electron chi connectivity index (χ0n) is 19.4. The van der Waals surface area contributed by atoms with E-state index in [1.807, 2.05) is 18.4 Å². The maximum absolute atomic E-state index is 13.4. The van der Waals surface area contributed by atoms with Crippen molar-refractivity contribution in [2.45, 2.75) is 65.3 Å². The molecule has 3 rings (SSSR count). The number of rotatable bonds is 7. The summed E-state index contributed by atoms with van der Waals surface area (Å²) < 4.78 is 7.00. The highest BCUT2D eigenvalue weighted by Crippen LogP contribution is 2.29. The standard InChI is InChI=1S/C24H35N3O5/c1-4-32-24(31)17-8-7-11-26(13-17)23(30)20-15-27(18-9-5-6-10-18)14-19(21(20)28)22(29)25-12-16(2)3/h14-18H,4-13H2,1-3H3,(H,25,29)/t17-/m1/s1. The van der Waals surface area contributed by atoms with E-state index in [9.17, 15) is 19.2 Å². The number of hydrogen-bond acceptors (Lipinski definition) is 5. The molecule has 1 aliphatic carbocycles. The van der Waals surface area contributed by atoms with Crippen molar-refractivity contribution in [3.05, 3.63) is 33.7 Å². The number of esters is 1. The number of nitrogens with one attached hydrogen (secondary N) is 1. The van der Waals surface area contributed by atoms with Crippen molar-refractivity contribution in [1.29, 1.82) is 0 Å². The minimum atomic E-state index is -0.552. The lowest BCUT2D eigenvalue weighted by Gasteiger charge is -2.31. The third kappa shape index (κ3) is 5.58. The number of likely N-dealkylation sites (tertiary alicyclic amines) is 1. The van der Waals surface area contributed by atoms with Crippen LogP contribution in [0.2, 0.25) is 0 Å². The van der Waals surface area contributed by atoms with Crippen LogP contribution in [0.4, 0.5) is 0 Å². The van der Waals surface area contributed by atoms with E-state index in [2.05, 4.69) is 5.32 Å². The first-order valence-electron chi connectivity index (χ1n) is 11.8. The Kier molecular flexibility index (Phi) is 8.10. The third-order valence-electron chi connectivity index (χ3n) is 6.27. The maximum atomic E-state index is 13.4. The quantitative estimate of drug-likeness (QED) is 0.651. The lowest BCUT2D eigenvalue weighted by atomic mass is 9.97. The summed E-state index contributed by atoms with van der Waals surface area (Å²) in [6, 6.07) is 0.174. The molecule has 0 spiro atoms. The summed E-state index contributed by atoms with van der Waals surface area (Å²) in [5.41, 5.74) is -0.551. The van der Waals surface area contributed by atoms with E-state index in [0.29, 0.717) is 32.5 Å². The highest BCUT2D eigenvalue weighted by atomic mass is 16.5. The van der Waals surface area contributed by atoms with E-state index in [1.165, 1.54) is 0 Å². The first kappa shape index (κ1) is 24.0. The highest BCUT2D eigenvalue weighted by molar-refractivity contribution is 5.99. The number of carbonyl (C=O) groups is 3. The Morgan fingerprint density at radius 2 is 1.78 bits per heavy atom. The van der Waals surface area contributed by atoms with Gasteiger partial charge in [0.2, 0.25) is 5.43 Å². The fraction of sp³-hybridized carbons (Fsp3) is 0.667. The van der Waals surface area contributed by atoms with Crippen LogP contribution >= 0.6 is 0 Å². The molecule has 1 N–H and O–H groups in total. The molecular weight excluding hydrogens is 410 g/mol. The van der Waals surface area contributed by atoms with E-state index >= 15 is 0 Å². The Hall–Kier alpha value is -2.64. The van der Waals surface area contributed by atoms with Gasteiger partial charge in [0.25, 0.3) is 11.8 Å². The molecule has 8 heteroatoms. The van der Waals surface area contributed by atoms with Crippen molar-refractivity contribution in [2.24, 2.45) is 11.8 Å². The Morgan fingerprint density at radius 1 is 1.09 bits per heavy atom. The molecule has 2 heterocycles. The van der Waals surface area contributed by atoms with Crippen LogP contribution in [0.15, 0.2) is 17.2 Å². The topological polar surface area (TPSA) is 97.7 Å². The van der Waals surface area contributed by atoms with Crippen LogP contribution in [-0.2, 0) is 9.53 Å². The number of nitrogens with zero attached hydrogens (tertiary/aromatic N) is 2. The van der Waals surface area contributed by atoms with Crippen LogP contribution in [0.5, 0.6) is 0 Å². The Morgan fingerprint density at radius 3 is 2.44 bits per heavy atom. The van der Waals surface area contributed by atoms with Crippen molar-refractivity contribution in [3.8, 4) is 0 Å². The molecule has 0 bridgehead atoms. The van der Waals surface area contributed by atoms with Gasteiger partial charge in [-0.25, -0.2) is 0 Å². The Balaban J connectivity index is 1.91. The van der Waals surface area contributed by atoms with Gasteiger partial charge in [-0.15, -0.1) is 0 Å². The van der Waals surface area contributed by atoms with Crippen LogP contribution in [-0.4, -0.2) is 53.5 Å². The van der Waals surface area contributed by atoms with Crippen LogP contribution in [0.1, 0.15) is 86.1 Å². The van der Waals surface area contributed by atoms with Gasteiger partial charge in [0.05, 0.1) is 12.5 Å². The Labute approximate surface area is 189 Å².